The molecule has 0 bridgehead atoms. The lowest BCUT2D eigenvalue weighted by Crippen LogP contribution is -2.44. The van der Waals surface area contributed by atoms with Gasteiger partial charge in [-0.3, -0.25) is 9.69 Å². The van der Waals surface area contributed by atoms with Crippen molar-refractivity contribution in [3.63, 3.8) is 0 Å². The molecule has 0 spiro atoms. The minimum Gasteiger partial charge on any atom is -0.464 e. The summed E-state index contributed by atoms with van der Waals surface area (Å²) in [5.74, 6) is -0.271. The predicted molar refractivity (Wildman–Crippen MR) is 71.0 cm³/mol. The summed E-state index contributed by atoms with van der Waals surface area (Å²) in [5, 5.41) is 0.553. The molecule has 1 unspecified atom stereocenters. The maximum Gasteiger partial charge on any atom is 0.329 e. The maximum atomic E-state index is 12.4. The second-order valence-electron chi connectivity index (χ2n) is 4.93. The van der Waals surface area contributed by atoms with E-state index in [1.807, 2.05) is 0 Å². The van der Waals surface area contributed by atoms with E-state index in [1.165, 1.54) is 0 Å². The second-order valence-corrected chi connectivity index (χ2v) is 5.37. The number of hydrogen-bond donors (Lipinski definition) is 0. The van der Waals surface area contributed by atoms with E-state index in [0.717, 1.165) is 12.8 Å². The normalized spacial score (nSPS) is 22.2. The van der Waals surface area contributed by atoms with Crippen molar-refractivity contribution in [3.8, 4) is 0 Å². The highest BCUT2D eigenvalue weighted by Crippen LogP contribution is 2.35. The van der Waals surface area contributed by atoms with Crippen LogP contribution in [0.4, 0.5) is 5.69 Å². The quantitative estimate of drug-likeness (QED) is 0.798. The van der Waals surface area contributed by atoms with Crippen LogP contribution in [-0.4, -0.2) is 24.5 Å². The molecule has 19 heavy (non-hydrogen) atoms. The first-order valence-corrected chi connectivity index (χ1v) is 6.80. The van der Waals surface area contributed by atoms with Gasteiger partial charge in [-0.25, -0.2) is 4.79 Å². The van der Waals surface area contributed by atoms with Crippen molar-refractivity contribution in [1.29, 1.82) is 0 Å². The van der Waals surface area contributed by atoms with Gasteiger partial charge in [-0.05, 0) is 31.0 Å². The molecule has 1 saturated heterocycles. The highest BCUT2D eigenvalue weighted by Gasteiger charge is 2.42. The maximum absolute atomic E-state index is 12.4. The average molecular weight is 280 g/mol. The molecule has 1 aromatic carbocycles. The van der Waals surface area contributed by atoms with Crippen LogP contribution in [0.1, 0.15) is 19.3 Å². The molecular weight excluding hydrogens is 266 g/mol. The average Bonchev–Trinajstić information content (AvgIpc) is 3.15. The van der Waals surface area contributed by atoms with E-state index in [0.29, 0.717) is 23.7 Å². The number of carbonyl (C=O) groups excluding carboxylic acids is 2. The summed E-state index contributed by atoms with van der Waals surface area (Å²) in [6, 6.07) is 6.54. The summed E-state index contributed by atoms with van der Waals surface area (Å²) in [5.41, 5.74) is 0.674. The number of carbonyl (C=O) groups is 2. The molecule has 0 radical (unpaired) electrons. The third-order valence-corrected chi connectivity index (χ3v) is 3.70. The highest BCUT2D eigenvalue weighted by molar-refractivity contribution is 6.31. The van der Waals surface area contributed by atoms with Gasteiger partial charge in [0.25, 0.3) is 0 Å². The van der Waals surface area contributed by atoms with Gasteiger partial charge in [-0.1, -0.05) is 17.7 Å². The molecule has 100 valence electrons. The first kappa shape index (κ1) is 12.5. The van der Waals surface area contributed by atoms with Crippen LogP contribution in [-0.2, 0) is 14.3 Å². The molecule has 5 heteroatoms. The molecule has 1 saturated carbocycles. The monoisotopic (exact) mass is 279 g/mol. The molecule has 1 aromatic rings. The van der Waals surface area contributed by atoms with Gasteiger partial charge in [-0.2, -0.15) is 0 Å². The van der Waals surface area contributed by atoms with E-state index in [2.05, 4.69) is 0 Å². The Balaban J connectivity index is 1.95. The Morgan fingerprint density at radius 1 is 1.32 bits per heavy atom. The van der Waals surface area contributed by atoms with Crippen molar-refractivity contribution in [2.75, 3.05) is 11.5 Å². The molecule has 0 aromatic heterocycles. The zero-order valence-corrected chi connectivity index (χ0v) is 11.1. The van der Waals surface area contributed by atoms with E-state index in [-0.39, 0.29) is 17.8 Å². The van der Waals surface area contributed by atoms with E-state index >= 15 is 0 Å². The third-order valence-electron chi connectivity index (χ3n) is 3.47. The van der Waals surface area contributed by atoms with Crippen molar-refractivity contribution in [3.05, 3.63) is 29.3 Å². The minimum atomic E-state index is -0.508. The number of amides is 1. The molecule has 2 aliphatic rings. The van der Waals surface area contributed by atoms with E-state index < -0.39 is 6.04 Å². The van der Waals surface area contributed by atoms with Gasteiger partial charge in [0, 0.05) is 23.0 Å². The van der Waals surface area contributed by atoms with Crippen LogP contribution >= 0.6 is 11.6 Å². The van der Waals surface area contributed by atoms with E-state index in [9.17, 15) is 9.59 Å². The lowest BCUT2D eigenvalue weighted by Gasteiger charge is -2.26. The molecule has 1 heterocycles. The molecule has 1 amide bonds. The van der Waals surface area contributed by atoms with Gasteiger partial charge < -0.3 is 4.74 Å². The topological polar surface area (TPSA) is 46.6 Å². The first-order chi connectivity index (χ1) is 9.16. The van der Waals surface area contributed by atoms with Crippen molar-refractivity contribution in [2.24, 2.45) is 5.92 Å². The molecular formula is C14H14ClNO3. The Morgan fingerprint density at radius 2 is 2.11 bits per heavy atom. The Morgan fingerprint density at radius 3 is 2.68 bits per heavy atom. The number of rotatable bonds is 3. The molecule has 3 rings (SSSR count). The standard InChI is InChI=1S/C14H14ClNO3/c15-10-2-1-3-11(8-10)16(13(17)9-4-5-9)12-6-7-19-14(12)18/h1-3,8-9,12H,4-7H2. The number of halogens is 1. The zero-order chi connectivity index (χ0) is 13.4. The summed E-state index contributed by atoms with van der Waals surface area (Å²) in [6.45, 7) is 0.374. The van der Waals surface area contributed by atoms with Gasteiger partial charge in [0.1, 0.15) is 6.04 Å². The first-order valence-electron chi connectivity index (χ1n) is 6.42. The van der Waals surface area contributed by atoms with E-state index in [1.54, 1.807) is 29.2 Å². The smallest absolute Gasteiger partial charge is 0.329 e. The summed E-state index contributed by atoms with van der Waals surface area (Å²) >= 11 is 5.98. The van der Waals surface area contributed by atoms with Crippen LogP contribution in [0.2, 0.25) is 5.02 Å². The molecule has 1 aliphatic carbocycles. The van der Waals surface area contributed by atoms with E-state index in [4.69, 9.17) is 16.3 Å². The lowest BCUT2D eigenvalue weighted by atomic mass is 10.1. The van der Waals surface area contributed by atoms with Gasteiger partial charge in [-0.15, -0.1) is 0 Å². The van der Waals surface area contributed by atoms with Crippen molar-refractivity contribution < 1.29 is 14.3 Å². The summed E-state index contributed by atoms with van der Waals surface area (Å²) in [7, 11) is 0. The Bertz CT molecular complexity index is 527. The Labute approximate surface area is 116 Å². The molecule has 1 aliphatic heterocycles. The van der Waals surface area contributed by atoms with Crippen LogP contribution in [0.15, 0.2) is 24.3 Å². The SMILES string of the molecule is O=C1OCCC1N(C(=O)C1CC1)c1cccc(Cl)c1. The predicted octanol–water partition coefficient (Wildman–Crippen LogP) is 2.40. The largest absolute Gasteiger partial charge is 0.464 e. The van der Waals surface area contributed by atoms with Gasteiger partial charge in [0.05, 0.1) is 6.61 Å². The summed E-state index contributed by atoms with van der Waals surface area (Å²) in [4.78, 5) is 25.8. The van der Waals surface area contributed by atoms with Gasteiger partial charge >= 0.3 is 5.97 Å². The number of hydrogen-bond acceptors (Lipinski definition) is 3. The fourth-order valence-electron chi connectivity index (χ4n) is 2.33. The number of cyclic esters (lactones) is 1. The van der Waals surface area contributed by atoms with Gasteiger partial charge in [0.2, 0.25) is 5.91 Å². The molecule has 0 N–H and O–H groups in total. The summed E-state index contributed by atoms with van der Waals surface area (Å²) in [6.07, 6.45) is 2.35. The Kier molecular flexibility index (Phi) is 3.19. The fourth-order valence-corrected chi connectivity index (χ4v) is 2.52. The van der Waals surface area contributed by atoms with Crippen LogP contribution in [0.5, 0.6) is 0 Å². The fraction of sp³-hybridized carbons (Fsp3) is 0.429. The molecule has 4 nitrogen and oxygen atoms in total. The number of benzene rings is 1. The number of esters is 1. The van der Waals surface area contributed by atoms with Crippen LogP contribution in [0.25, 0.3) is 0 Å². The lowest BCUT2D eigenvalue weighted by molar-refractivity contribution is -0.140. The third kappa shape index (κ3) is 2.45. The number of ether oxygens (including phenoxy) is 1. The highest BCUT2D eigenvalue weighted by atomic mass is 35.5. The molecule has 2 fully saturated rings. The Hall–Kier alpha value is -1.55. The van der Waals surface area contributed by atoms with Crippen molar-refractivity contribution >= 4 is 29.2 Å². The van der Waals surface area contributed by atoms with Crippen LogP contribution < -0.4 is 4.90 Å². The minimum absolute atomic E-state index is 0.00566. The zero-order valence-electron chi connectivity index (χ0n) is 10.3. The van der Waals surface area contributed by atoms with Crippen LogP contribution in [0.3, 0.4) is 0 Å². The van der Waals surface area contributed by atoms with Crippen LogP contribution in [0, 0.1) is 5.92 Å². The number of anilines is 1. The second kappa shape index (κ2) is 4.85. The summed E-state index contributed by atoms with van der Waals surface area (Å²) < 4.78 is 4.98. The number of nitrogens with zero attached hydrogens (tertiary/aromatic N) is 1. The van der Waals surface area contributed by atoms with Crippen molar-refractivity contribution in [1.82, 2.24) is 0 Å². The molecule has 1 atom stereocenters. The van der Waals surface area contributed by atoms with Gasteiger partial charge in [0.15, 0.2) is 0 Å². The van der Waals surface area contributed by atoms with Crippen molar-refractivity contribution in [2.45, 2.75) is 25.3 Å².